The highest BCUT2D eigenvalue weighted by atomic mass is 79.9. The van der Waals surface area contributed by atoms with E-state index in [1.54, 1.807) is 12.1 Å². The van der Waals surface area contributed by atoms with Gasteiger partial charge in [0, 0.05) is 5.56 Å². The SMILES string of the molecule is COC(=O)c1cc(Br)c(F)cc1NC(=O)c1ccc(-c2ccnnc2)nn1. The third kappa shape index (κ3) is 4.11. The van der Waals surface area contributed by atoms with Crippen molar-refractivity contribution in [1.82, 2.24) is 20.4 Å². The summed E-state index contributed by atoms with van der Waals surface area (Å²) < 4.78 is 18.5. The minimum atomic E-state index is -0.724. The number of halogens is 2. The van der Waals surface area contributed by atoms with Gasteiger partial charge >= 0.3 is 5.97 Å². The van der Waals surface area contributed by atoms with Crippen LogP contribution in [-0.2, 0) is 4.74 Å². The lowest BCUT2D eigenvalue weighted by Gasteiger charge is -2.10. The zero-order chi connectivity index (χ0) is 19.4. The molecular formula is C17H11BrFN5O3. The molecule has 0 aliphatic carbocycles. The third-order valence-electron chi connectivity index (χ3n) is 3.49. The number of rotatable bonds is 4. The van der Waals surface area contributed by atoms with Crippen molar-refractivity contribution in [2.75, 3.05) is 12.4 Å². The average Bonchev–Trinajstić information content (AvgIpc) is 2.70. The molecule has 0 aliphatic rings. The van der Waals surface area contributed by atoms with Crippen LogP contribution in [0.2, 0.25) is 0 Å². The first kappa shape index (κ1) is 18.5. The van der Waals surface area contributed by atoms with Crippen LogP contribution in [0.1, 0.15) is 20.8 Å². The van der Waals surface area contributed by atoms with E-state index in [9.17, 15) is 14.0 Å². The molecule has 3 aromatic rings. The topological polar surface area (TPSA) is 107 Å². The molecule has 10 heteroatoms. The molecule has 27 heavy (non-hydrogen) atoms. The second-order valence-corrected chi connectivity index (χ2v) is 6.05. The third-order valence-corrected chi connectivity index (χ3v) is 4.10. The zero-order valence-electron chi connectivity index (χ0n) is 13.8. The van der Waals surface area contributed by atoms with Gasteiger partial charge in [0.2, 0.25) is 0 Å². The number of hydrogen-bond donors (Lipinski definition) is 1. The first-order valence-corrected chi connectivity index (χ1v) is 8.28. The van der Waals surface area contributed by atoms with E-state index in [4.69, 9.17) is 0 Å². The second kappa shape index (κ2) is 7.96. The Morgan fingerprint density at radius 1 is 1.15 bits per heavy atom. The van der Waals surface area contributed by atoms with Crippen LogP contribution in [0.25, 0.3) is 11.3 Å². The number of carbonyl (C=O) groups is 2. The summed E-state index contributed by atoms with van der Waals surface area (Å²) in [4.78, 5) is 24.3. The number of aromatic nitrogens is 4. The van der Waals surface area contributed by atoms with E-state index < -0.39 is 17.7 Å². The number of benzene rings is 1. The van der Waals surface area contributed by atoms with E-state index in [0.717, 1.165) is 6.07 Å². The lowest BCUT2D eigenvalue weighted by Crippen LogP contribution is -2.17. The van der Waals surface area contributed by atoms with E-state index >= 15 is 0 Å². The van der Waals surface area contributed by atoms with E-state index in [1.165, 1.54) is 31.6 Å². The summed E-state index contributed by atoms with van der Waals surface area (Å²) in [5, 5.41) is 17.7. The Balaban J connectivity index is 1.85. The van der Waals surface area contributed by atoms with Gasteiger partial charge in [-0.1, -0.05) is 0 Å². The first-order chi connectivity index (χ1) is 13.0. The van der Waals surface area contributed by atoms with Crippen LogP contribution in [0, 0.1) is 5.82 Å². The average molecular weight is 432 g/mol. The van der Waals surface area contributed by atoms with Crippen LogP contribution < -0.4 is 5.32 Å². The predicted octanol–water partition coefficient (Wildman–Crippen LogP) is 2.87. The molecule has 3 rings (SSSR count). The monoisotopic (exact) mass is 431 g/mol. The van der Waals surface area contributed by atoms with Gasteiger partial charge in [0.05, 0.1) is 40.9 Å². The number of ether oxygens (including phenoxy) is 1. The summed E-state index contributed by atoms with van der Waals surface area (Å²) in [6.45, 7) is 0. The van der Waals surface area contributed by atoms with Crippen molar-refractivity contribution in [3.63, 3.8) is 0 Å². The van der Waals surface area contributed by atoms with Gasteiger partial charge in [0.25, 0.3) is 5.91 Å². The van der Waals surface area contributed by atoms with Gasteiger partial charge in [0.15, 0.2) is 5.69 Å². The molecule has 1 aromatic carbocycles. The van der Waals surface area contributed by atoms with Crippen LogP contribution in [0.3, 0.4) is 0 Å². The Hall–Kier alpha value is -3.27. The Morgan fingerprint density at radius 3 is 2.59 bits per heavy atom. The molecule has 0 saturated heterocycles. The van der Waals surface area contributed by atoms with Gasteiger partial charge in [-0.25, -0.2) is 9.18 Å². The van der Waals surface area contributed by atoms with Crippen LogP contribution in [0.15, 0.2) is 47.2 Å². The van der Waals surface area contributed by atoms with Crippen molar-refractivity contribution in [2.45, 2.75) is 0 Å². The fourth-order valence-corrected chi connectivity index (χ4v) is 2.51. The molecule has 2 aromatic heterocycles. The van der Waals surface area contributed by atoms with Crippen LogP contribution in [-0.4, -0.2) is 39.4 Å². The van der Waals surface area contributed by atoms with Crippen molar-refractivity contribution in [3.8, 4) is 11.3 Å². The number of amides is 1. The van der Waals surface area contributed by atoms with Crippen molar-refractivity contribution < 1.29 is 18.7 Å². The largest absolute Gasteiger partial charge is 0.465 e. The van der Waals surface area contributed by atoms with Crippen LogP contribution in [0.4, 0.5) is 10.1 Å². The van der Waals surface area contributed by atoms with Crippen LogP contribution in [0.5, 0.6) is 0 Å². The Kier molecular flexibility index (Phi) is 5.46. The molecule has 0 radical (unpaired) electrons. The highest BCUT2D eigenvalue weighted by Crippen LogP contribution is 2.26. The summed E-state index contributed by atoms with van der Waals surface area (Å²) in [6.07, 6.45) is 3.02. The number of hydrogen-bond acceptors (Lipinski definition) is 7. The molecule has 0 saturated carbocycles. The Labute approximate surface area is 160 Å². The molecular weight excluding hydrogens is 421 g/mol. The Bertz CT molecular complexity index is 999. The maximum absolute atomic E-state index is 13.8. The molecule has 8 nitrogen and oxygen atoms in total. The smallest absolute Gasteiger partial charge is 0.340 e. The second-order valence-electron chi connectivity index (χ2n) is 5.19. The maximum atomic E-state index is 13.8. The summed E-state index contributed by atoms with van der Waals surface area (Å²) in [5.74, 6) is -2.03. The zero-order valence-corrected chi connectivity index (χ0v) is 15.4. The normalized spacial score (nSPS) is 10.3. The summed E-state index contributed by atoms with van der Waals surface area (Å²) >= 11 is 2.99. The number of nitrogens with zero attached hydrogens (tertiary/aromatic N) is 4. The van der Waals surface area contributed by atoms with Crippen molar-refractivity contribution >= 4 is 33.5 Å². The van der Waals surface area contributed by atoms with E-state index in [2.05, 4.69) is 46.4 Å². The van der Waals surface area contributed by atoms with Gasteiger partial charge in [-0.05, 0) is 46.3 Å². The van der Waals surface area contributed by atoms with E-state index in [1.807, 2.05) is 0 Å². The molecule has 1 N–H and O–H groups in total. The summed E-state index contributed by atoms with van der Waals surface area (Å²) in [7, 11) is 1.18. The quantitative estimate of drug-likeness (QED) is 0.632. The fraction of sp³-hybridized carbons (Fsp3) is 0.0588. The Morgan fingerprint density at radius 2 is 1.96 bits per heavy atom. The molecule has 0 spiro atoms. The maximum Gasteiger partial charge on any atom is 0.340 e. The van der Waals surface area contributed by atoms with Gasteiger partial charge in [-0.3, -0.25) is 4.79 Å². The molecule has 1 amide bonds. The van der Waals surface area contributed by atoms with Crippen molar-refractivity contribution in [2.24, 2.45) is 0 Å². The lowest BCUT2D eigenvalue weighted by molar-refractivity contribution is 0.0602. The number of carbonyl (C=O) groups excluding carboxylic acids is 2. The molecule has 0 unspecified atom stereocenters. The number of anilines is 1. The molecule has 0 atom stereocenters. The number of esters is 1. The molecule has 0 fully saturated rings. The van der Waals surface area contributed by atoms with E-state index in [-0.39, 0.29) is 21.4 Å². The standard InChI is InChI=1S/C17H11BrFN5O3/c1-27-17(26)10-6-11(18)12(19)7-15(10)22-16(25)14-3-2-13(23-24-14)9-4-5-20-21-8-9/h2-8H,1H3,(H,22,25). The first-order valence-electron chi connectivity index (χ1n) is 7.49. The number of nitrogens with one attached hydrogen (secondary N) is 1. The van der Waals surface area contributed by atoms with E-state index in [0.29, 0.717) is 11.3 Å². The fourth-order valence-electron chi connectivity index (χ4n) is 2.16. The summed E-state index contributed by atoms with van der Waals surface area (Å²) in [6, 6.07) is 6.97. The summed E-state index contributed by atoms with van der Waals surface area (Å²) in [5.41, 5.74) is 1.13. The van der Waals surface area contributed by atoms with Crippen LogP contribution >= 0.6 is 15.9 Å². The lowest BCUT2D eigenvalue weighted by atomic mass is 10.1. The van der Waals surface area contributed by atoms with Gasteiger partial charge < -0.3 is 10.1 Å². The van der Waals surface area contributed by atoms with Crippen molar-refractivity contribution in [3.05, 3.63) is 64.3 Å². The highest BCUT2D eigenvalue weighted by Gasteiger charge is 2.19. The number of methoxy groups -OCH3 is 1. The van der Waals surface area contributed by atoms with Crippen molar-refractivity contribution in [1.29, 1.82) is 0 Å². The molecule has 2 heterocycles. The minimum Gasteiger partial charge on any atom is -0.465 e. The van der Waals surface area contributed by atoms with Gasteiger partial charge in [0.1, 0.15) is 5.82 Å². The molecule has 0 aliphatic heterocycles. The van der Waals surface area contributed by atoms with Gasteiger partial charge in [-0.15, -0.1) is 10.2 Å². The predicted molar refractivity (Wildman–Crippen MR) is 96.5 cm³/mol. The van der Waals surface area contributed by atoms with Gasteiger partial charge in [-0.2, -0.15) is 10.2 Å². The minimum absolute atomic E-state index is 0.00781. The molecule has 0 bridgehead atoms. The highest BCUT2D eigenvalue weighted by molar-refractivity contribution is 9.10. The molecule has 136 valence electrons.